The first-order valence-electron chi connectivity index (χ1n) is 8.22. The third kappa shape index (κ3) is 4.20. The molecule has 1 aromatic carbocycles. The molecule has 1 aromatic rings. The first-order valence-corrected chi connectivity index (χ1v) is 9.16. The minimum atomic E-state index is -0.291. The number of benzene rings is 1. The molecule has 5 nitrogen and oxygen atoms in total. The van der Waals surface area contributed by atoms with Gasteiger partial charge in [0.15, 0.2) is 0 Å². The van der Waals surface area contributed by atoms with E-state index in [0.29, 0.717) is 26.2 Å². The summed E-state index contributed by atoms with van der Waals surface area (Å²) in [5, 5.41) is 2.50. The third-order valence-electron chi connectivity index (χ3n) is 4.01. The Morgan fingerprint density at radius 3 is 2.58 bits per heavy atom. The van der Waals surface area contributed by atoms with Gasteiger partial charge in [0.2, 0.25) is 5.91 Å². The number of carbonyl (C=O) groups excluding carboxylic acids is 2. The average molecular weight is 353 g/mol. The highest BCUT2D eigenvalue weighted by atomic mass is 32.2. The first kappa shape index (κ1) is 18.6. The fourth-order valence-corrected chi connectivity index (χ4v) is 3.99. The summed E-state index contributed by atoms with van der Waals surface area (Å²) in [5.41, 5.74) is 0.903. The fourth-order valence-electron chi connectivity index (χ4n) is 2.68. The number of carbonyl (C=O) groups is 2. The van der Waals surface area contributed by atoms with E-state index >= 15 is 0 Å². The zero-order chi connectivity index (χ0) is 17.7. The largest absolute Gasteiger partial charge is 0.338 e. The van der Waals surface area contributed by atoms with Crippen LogP contribution in [0, 0.1) is 5.82 Å². The van der Waals surface area contributed by atoms with Crippen molar-refractivity contribution < 1.29 is 14.0 Å². The number of likely N-dealkylation sites (N-methyl/N-ethyl adjacent to an activating group) is 1. The predicted octanol–water partition coefficient (Wildman–Crippen LogP) is 2.84. The number of amides is 3. The summed E-state index contributed by atoms with van der Waals surface area (Å²) < 4.78 is 13.1. The van der Waals surface area contributed by atoms with Gasteiger partial charge in [-0.1, -0.05) is 12.1 Å². The Kier molecular flexibility index (Phi) is 6.48. The monoisotopic (exact) mass is 353 g/mol. The maximum atomic E-state index is 13.1. The summed E-state index contributed by atoms with van der Waals surface area (Å²) in [6.07, 6.45) is 0. The molecule has 0 spiro atoms. The number of nitrogens with one attached hydrogen (secondary N) is 1. The minimum absolute atomic E-state index is 0.0567. The molecular weight excluding hydrogens is 329 g/mol. The van der Waals surface area contributed by atoms with Gasteiger partial charge in [0.05, 0.1) is 5.25 Å². The molecule has 0 saturated carbocycles. The van der Waals surface area contributed by atoms with Crippen LogP contribution in [0.5, 0.6) is 0 Å². The highest BCUT2D eigenvalue weighted by Crippen LogP contribution is 2.42. The Balaban J connectivity index is 2.08. The van der Waals surface area contributed by atoms with E-state index in [1.807, 2.05) is 20.8 Å². The molecule has 1 aliphatic heterocycles. The summed E-state index contributed by atoms with van der Waals surface area (Å²) in [5.74, 6) is -0.234. The quantitative estimate of drug-likeness (QED) is 0.856. The van der Waals surface area contributed by atoms with Crippen molar-refractivity contribution in [3.8, 4) is 0 Å². The van der Waals surface area contributed by atoms with Gasteiger partial charge in [-0.15, -0.1) is 11.8 Å². The Morgan fingerprint density at radius 2 is 2.00 bits per heavy atom. The predicted molar refractivity (Wildman–Crippen MR) is 94.2 cm³/mol. The van der Waals surface area contributed by atoms with Crippen molar-refractivity contribution >= 4 is 23.7 Å². The van der Waals surface area contributed by atoms with Crippen LogP contribution in [0.25, 0.3) is 0 Å². The number of hydrogen-bond donors (Lipinski definition) is 1. The van der Waals surface area contributed by atoms with Crippen molar-refractivity contribution in [3.63, 3.8) is 0 Å². The molecule has 2 atom stereocenters. The van der Waals surface area contributed by atoms with Crippen LogP contribution >= 0.6 is 11.8 Å². The maximum Gasteiger partial charge on any atom is 0.317 e. The van der Waals surface area contributed by atoms with Crippen LogP contribution in [0.1, 0.15) is 31.7 Å². The summed E-state index contributed by atoms with van der Waals surface area (Å²) in [4.78, 5) is 27.9. The summed E-state index contributed by atoms with van der Waals surface area (Å²) in [6.45, 7) is 7.75. The van der Waals surface area contributed by atoms with Crippen molar-refractivity contribution in [2.24, 2.45) is 0 Å². The van der Waals surface area contributed by atoms with E-state index < -0.39 is 0 Å². The lowest BCUT2D eigenvalue weighted by atomic mass is 10.2. The maximum absolute atomic E-state index is 13.1. The minimum Gasteiger partial charge on any atom is -0.338 e. The van der Waals surface area contributed by atoms with Crippen molar-refractivity contribution in [2.45, 2.75) is 31.4 Å². The molecule has 0 bridgehead atoms. The third-order valence-corrected chi connectivity index (χ3v) is 5.40. The van der Waals surface area contributed by atoms with Crippen LogP contribution < -0.4 is 5.32 Å². The van der Waals surface area contributed by atoms with Gasteiger partial charge >= 0.3 is 6.03 Å². The number of rotatable bonds is 6. The van der Waals surface area contributed by atoms with Crippen LogP contribution in [0.4, 0.5) is 9.18 Å². The second kappa shape index (κ2) is 8.37. The number of nitrogens with zero attached hydrogens (tertiary/aromatic N) is 2. The van der Waals surface area contributed by atoms with Crippen LogP contribution in [0.15, 0.2) is 24.3 Å². The molecule has 1 N–H and O–H groups in total. The molecular formula is C17H24FN3O2S. The van der Waals surface area contributed by atoms with Crippen LogP contribution in [0.3, 0.4) is 0 Å². The molecule has 24 heavy (non-hydrogen) atoms. The topological polar surface area (TPSA) is 52.7 Å². The molecule has 2 rings (SSSR count). The number of halogens is 1. The van der Waals surface area contributed by atoms with E-state index in [-0.39, 0.29) is 28.4 Å². The first-order chi connectivity index (χ1) is 11.5. The highest BCUT2D eigenvalue weighted by molar-refractivity contribution is 8.01. The van der Waals surface area contributed by atoms with E-state index in [2.05, 4.69) is 5.32 Å². The lowest BCUT2D eigenvalue weighted by Crippen LogP contribution is -2.44. The number of thioether (sulfide) groups is 1. The Hall–Kier alpha value is -1.76. The van der Waals surface area contributed by atoms with Gasteiger partial charge < -0.3 is 15.1 Å². The molecule has 1 heterocycles. The van der Waals surface area contributed by atoms with E-state index in [9.17, 15) is 14.0 Å². The summed E-state index contributed by atoms with van der Waals surface area (Å²) in [7, 11) is 0. The SMILES string of the molecule is CCNC(=O)N(CC)CCN1C(=O)[C@@H](C)S[C@H]1c1ccc(F)cc1. The second-order valence-corrected chi connectivity index (χ2v) is 7.05. The van der Waals surface area contributed by atoms with Crippen LogP contribution in [-0.2, 0) is 4.79 Å². The molecule has 1 aliphatic rings. The number of urea groups is 1. The zero-order valence-corrected chi connectivity index (χ0v) is 15.1. The van der Waals surface area contributed by atoms with Gasteiger partial charge in [-0.3, -0.25) is 4.79 Å². The highest BCUT2D eigenvalue weighted by Gasteiger charge is 2.38. The van der Waals surface area contributed by atoms with Gasteiger partial charge in [0.1, 0.15) is 11.2 Å². The normalized spacial score (nSPS) is 20.3. The molecule has 1 saturated heterocycles. The fraction of sp³-hybridized carbons (Fsp3) is 0.529. The lowest BCUT2D eigenvalue weighted by Gasteiger charge is -2.28. The van der Waals surface area contributed by atoms with Gasteiger partial charge in [-0.25, -0.2) is 9.18 Å². The summed E-state index contributed by atoms with van der Waals surface area (Å²) >= 11 is 1.55. The smallest absolute Gasteiger partial charge is 0.317 e. The Morgan fingerprint density at radius 1 is 1.33 bits per heavy atom. The van der Waals surface area contributed by atoms with E-state index in [1.54, 1.807) is 33.7 Å². The van der Waals surface area contributed by atoms with Crippen LogP contribution in [-0.4, -0.2) is 53.2 Å². The van der Waals surface area contributed by atoms with Gasteiger partial charge in [-0.2, -0.15) is 0 Å². The molecule has 132 valence electrons. The zero-order valence-electron chi connectivity index (χ0n) is 14.3. The second-order valence-electron chi connectivity index (χ2n) is 5.63. The molecule has 0 radical (unpaired) electrons. The Bertz CT molecular complexity index is 582. The van der Waals surface area contributed by atoms with E-state index in [1.165, 1.54) is 12.1 Å². The van der Waals surface area contributed by atoms with Crippen LogP contribution in [0.2, 0.25) is 0 Å². The molecule has 3 amide bonds. The standard InChI is InChI=1S/C17H24FN3O2S/c1-4-19-17(23)20(5-2)10-11-21-15(22)12(3)24-16(21)13-6-8-14(18)9-7-13/h6-9,12,16H,4-5,10-11H2,1-3H3,(H,19,23)/t12-,16+/m1/s1. The van der Waals surface area contributed by atoms with Gasteiger partial charge in [-0.05, 0) is 38.5 Å². The van der Waals surface area contributed by atoms with Crippen molar-refractivity contribution in [1.29, 1.82) is 0 Å². The average Bonchev–Trinajstić information content (AvgIpc) is 2.84. The molecule has 7 heteroatoms. The number of hydrogen-bond acceptors (Lipinski definition) is 3. The molecule has 0 unspecified atom stereocenters. The summed E-state index contributed by atoms with van der Waals surface area (Å²) in [6, 6.07) is 6.13. The van der Waals surface area contributed by atoms with Crippen molar-refractivity contribution in [3.05, 3.63) is 35.6 Å². The van der Waals surface area contributed by atoms with Gasteiger partial charge in [0, 0.05) is 26.2 Å². The lowest BCUT2D eigenvalue weighted by molar-refractivity contribution is -0.129. The van der Waals surface area contributed by atoms with Crippen molar-refractivity contribution in [2.75, 3.05) is 26.2 Å². The van der Waals surface area contributed by atoms with E-state index in [4.69, 9.17) is 0 Å². The Labute approximate surface area is 146 Å². The molecule has 0 aromatic heterocycles. The van der Waals surface area contributed by atoms with E-state index in [0.717, 1.165) is 5.56 Å². The van der Waals surface area contributed by atoms with Gasteiger partial charge in [0.25, 0.3) is 0 Å². The molecule has 0 aliphatic carbocycles. The molecule has 1 fully saturated rings. The van der Waals surface area contributed by atoms with Crippen molar-refractivity contribution in [1.82, 2.24) is 15.1 Å².